The topological polar surface area (TPSA) is 72.5 Å². The summed E-state index contributed by atoms with van der Waals surface area (Å²) in [5.74, 6) is -0.0134. The normalized spacial score (nSPS) is 19.6. The maximum Gasteiger partial charge on any atom is 0.267 e. The summed E-state index contributed by atoms with van der Waals surface area (Å²) in [6, 6.07) is 2.24. The van der Waals surface area contributed by atoms with E-state index in [2.05, 4.69) is 10.2 Å². The highest BCUT2D eigenvalue weighted by Gasteiger charge is 2.27. The fraction of sp³-hybridized carbons (Fsp3) is 0.667. The number of carbonyl (C=O) groups is 1. The van der Waals surface area contributed by atoms with Gasteiger partial charge in [0.25, 0.3) is 5.91 Å². The summed E-state index contributed by atoms with van der Waals surface area (Å²) >= 11 is 0. The van der Waals surface area contributed by atoms with Crippen LogP contribution in [0.5, 0.6) is 0 Å². The second-order valence-electron chi connectivity index (χ2n) is 5.86. The molecule has 3 rings (SSSR count). The first-order chi connectivity index (χ1) is 10.2. The van der Waals surface area contributed by atoms with Crippen molar-refractivity contribution in [2.45, 2.75) is 25.3 Å². The van der Waals surface area contributed by atoms with Crippen LogP contribution in [0.4, 0.5) is 5.69 Å². The van der Waals surface area contributed by atoms with Crippen LogP contribution >= 0.6 is 0 Å². The molecular weight excluding hydrogens is 268 g/mol. The number of aromatic nitrogens is 1. The molecule has 1 aliphatic carbocycles. The first-order valence-corrected chi connectivity index (χ1v) is 7.79. The number of ether oxygens (including phenoxy) is 1. The Kier molecular flexibility index (Phi) is 4.45. The van der Waals surface area contributed by atoms with Gasteiger partial charge in [-0.1, -0.05) is 0 Å². The number of morpholine rings is 1. The molecule has 2 heterocycles. The maximum absolute atomic E-state index is 12.2. The van der Waals surface area contributed by atoms with Gasteiger partial charge in [-0.15, -0.1) is 0 Å². The molecule has 0 radical (unpaired) electrons. The minimum absolute atomic E-state index is 0.0134. The van der Waals surface area contributed by atoms with Crippen LogP contribution in [-0.4, -0.2) is 54.8 Å². The second-order valence-corrected chi connectivity index (χ2v) is 5.86. The number of nitrogens with two attached hydrogens (primary N) is 1. The van der Waals surface area contributed by atoms with Crippen molar-refractivity contribution in [3.05, 3.63) is 18.0 Å². The lowest BCUT2D eigenvalue weighted by Crippen LogP contribution is -2.38. The summed E-state index contributed by atoms with van der Waals surface area (Å²) in [5.41, 5.74) is 7.18. The molecule has 1 saturated heterocycles. The van der Waals surface area contributed by atoms with Crippen molar-refractivity contribution < 1.29 is 9.53 Å². The van der Waals surface area contributed by atoms with E-state index in [-0.39, 0.29) is 5.91 Å². The van der Waals surface area contributed by atoms with Gasteiger partial charge in [-0.25, -0.2) is 0 Å². The van der Waals surface area contributed by atoms with Crippen molar-refractivity contribution >= 4 is 11.6 Å². The standard InChI is InChI=1S/C15H24N4O2/c16-12-10-14(19(11-12)13-2-3-13)15(20)17-4-1-5-18-6-8-21-9-7-18/h10-11,13H,1-9,16H2,(H,17,20). The number of hydrogen-bond donors (Lipinski definition) is 2. The SMILES string of the molecule is Nc1cc(C(=O)NCCCN2CCOCC2)n(C2CC2)c1. The number of rotatable bonds is 6. The average Bonchev–Trinajstić information content (AvgIpc) is 3.27. The Morgan fingerprint density at radius 3 is 2.86 bits per heavy atom. The van der Waals surface area contributed by atoms with Crippen molar-refractivity contribution in [3.8, 4) is 0 Å². The average molecular weight is 292 g/mol. The molecule has 6 nitrogen and oxygen atoms in total. The van der Waals surface area contributed by atoms with E-state index >= 15 is 0 Å². The van der Waals surface area contributed by atoms with Crippen molar-refractivity contribution in [2.75, 3.05) is 45.1 Å². The van der Waals surface area contributed by atoms with E-state index in [4.69, 9.17) is 10.5 Å². The number of nitrogen functional groups attached to an aromatic ring is 1. The van der Waals surface area contributed by atoms with E-state index in [1.807, 2.05) is 10.8 Å². The van der Waals surface area contributed by atoms with Gasteiger partial charge in [-0.3, -0.25) is 9.69 Å². The zero-order chi connectivity index (χ0) is 14.7. The van der Waals surface area contributed by atoms with E-state index in [9.17, 15) is 4.79 Å². The Bertz CT molecular complexity index is 490. The third-order valence-electron chi connectivity index (χ3n) is 4.08. The summed E-state index contributed by atoms with van der Waals surface area (Å²) in [4.78, 5) is 14.6. The van der Waals surface area contributed by atoms with Gasteiger partial charge >= 0.3 is 0 Å². The Morgan fingerprint density at radius 1 is 1.38 bits per heavy atom. The first-order valence-electron chi connectivity index (χ1n) is 7.79. The third-order valence-corrected chi connectivity index (χ3v) is 4.08. The first kappa shape index (κ1) is 14.4. The lowest BCUT2D eigenvalue weighted by molar-refractivity contribution is 0.0374. The van der Waals surface area contributed by atoms with Gasteiger partial charge in [0.2, 0.25) is 0 Å². The Labute approximate surface area is 125 Å². The van der Waals surface area contributed by atoms with Crippen LogP contribution in [0.15, 0.2) is 12.3 Å². The van der Waals surface area contributed by atoms with Crippen LogP contribution in [-0.2, 0) is 4.74 Å². The van der Waals surface area contributed by atoms with Crippen LogP contribution in [0.1, 0.15) is 35.8 Å². The molecule has 2 fully saturated rings. The fourth-order valence-electron chi connectivity index (χ4n) is 2.76. The molecule has 116 valence electrons. The highest BCUT2D eigenvalue weighted by atomic mass is 16.5. The smallest absolute Gasteiger partial charge is 0.267 e. The van der Waals surface area contributed by atoms with Gasteiger partial charge in [0.1, 0.15) is 5.69 Å². The molecule has 1 saturated carbocycles. The zero-order valence-corrected chi connectivity index (χ0v) is 12.4. The number of nitrogens with zero attached hydrogens (tertiary/aromatic N) is 2. The van der Waals surface area contributed by atoms with Gasteiger partial charge in [0, 0.05) is 31.9 Å². The molecule has 1 amide bonds. The van der Waals surface area contributed by atoms with E-state index < -0.39 is 0 Å². The van der Waals surface area contributed by atoms with Crippen molar-refractivity contribution in [2.24, 2.45) is 0 Å². The number of amides is 1. The molecule has 21 heavy (non-hydrogen) atoms. The Balaban J connectivity index is 1.43. The molecule has 2 aliphatic rings. The van der Waals surface area contributed by atoms with E-state index in [0.717, 1.165) is 52.1 Å². The van der Waals surface area contributed by atoms with E-state index in [0.29, 0.717) is 24.0 Å². The van der Waals surface area contributed by atoms with E-state index in [1.165, 1.54) is 0 Å². The van der Waals surface area contributed by atoms with Crippen LogP contribution in [0.2, 0.25) is 0 Å². The molecule has 3 N–H and O–H groups in total. The molecular formula is C15H24N4O2. The fourth-order valence-corrected chi connectivity index (χ4v) is 2.76. The number of anilines is 1. The molecule has 0 spiro atoms. The Morgan fingerprint density at radius 2 is 2.14 bits per heavy atom. The van der Waals surface area contributed by atoms with Crippen molar-refractivity contribution in [1.82, 2.24) is 14.8 Å². The van der Waals surface area contributed by atoms with E-state index in [1.54, 1.807) is 6.07 Å². The summed E-state index contributed by atoms with van der Waals surface area (Å²) in [6.45, 7) is 5.34. The number of carbonyl (C=O) groups excluding carboxylic acids is 1. The zero-order valence-electron chi connectivity index (χ0n) is 12.4. The minimum atomic E-state index is -0.0134. The van der Waals surface area contributed by atoms with Gasteiger partial charge in [0.05, 0.1) is 18.9 Å². The number of nitrogens with one attached hydrogen (secondary N) is 1. The van der Waals surface area contributed by atoms with Crippen LogP contribution in [0, 0.1) is 0 Å². The lowest BCUT2D eigenvalue weighted by Gasteiger charge is -2.26. The summed E-state index contributed by atoms with van der Waals surface area (Å²) in [6.07, 6.45) is 5.13. The molecule has 1 aliphatic heterocycles. The van der Waals surface area contributed by atoms with Crippen molar-refractivity contribution in [1.29, 1.82) is 0 Å². The molecule has 0 aromatic carbocycles. The third kappa shape index (κ3) is 3.77. The monoisotopic (exact) mass is 292 g/mol. The molecule has 0 bridgehead atoms. The lowest BCUT2D eigenvalue weighted by atomic mass is 10.3. The summed E-state index contributed by atoms with van der Waals surface area (Å²) in [7, 11) is 0. The maximum atomic E-state index is 12.2. The van der Waals surface area contributed by atoms with Crippen LogP contribution in [0.3, 0.4) is 0 Å². The molecule has 1 aromatic heterocycles. The Hall–Kier alpha value is -1.53. The number of hydrogen-bond acceptors (Lipinski definition) is 4. The van der Waals surface area contributed by atoms with Crippen LogP contribution in [0.25, 0.3) is 0 Å². The van der Waals surface area contributed by atoms with Gasteiger partial charge in [0.15, 0.2) is 0 Å². The molecule has 6 heteroatoms. The van der Waals surface area contributed by atoms with Gasteiger partial charge < -0.3 is 20.4 Å². The minimum Gasteiger partial charge on any atom is -0.397 e. The quantitative estimate of drug-likeness (QED) is 0.763. The largest absolute Gasteiger partial charge is 0.397 e. The summed E-state index contributed by atoms with van der Waals surface area (Å²) in [5, 5.41) is 3.00. The highest BCUT2D eigenvalue weighted by Crippen LogP contribution is 2.37. The van der Waals surface area contributed by atoms with Crippen molar-refractivity contribution in [3.63, 3.8) is 0 Å². The highest BCUT2D eigenvalue weighted by molar-refractivity contribution is 5.93. The molecule has 0 atom stereocenters. The molecule has 0 unspecified atom stereocenters. The van der Waals surface area contributed by atoms with Gasteiger partial charge in [-0.05, 0) is 31.9 Å². The summed E-state index contributed by atoms with van der Waals surface area (Å²) < 4.78 is 7.34. The predicted molar refractivity (Wildman–Crippen MR) is 81.3 cm³/mol. The predicted octanol–water partition coefficient (Wildman–Crippen LogP) is 0.857. The molecule has 1 aromatic rings. The van der Waals surface area contributed by atoms with Crippen LogP contribution < -0.4 is 11.1 Å². The van der Waals surface area contributed by atoms with Gasteiger partial charge in [-0.2, -0.15) is 0 Å². The second kappa shape index (κ2) is 6.49.